The van der Waals surface area contributed by atoms with E-state index >= 15 is 0 Å². The fourth-order valence-corrected chi connectivity index (χ4v) is 3.72. The van der Waals surface area contributed by atoms with Gasteiger partial charge < -0.3 is 15.3 Å². The molecule has 0 unspecified atom stereocenters. The molecule has 1 saturated heterocycles. The summed E-state index contributed by atoms with van der Waals surface area (Å²) in [5.41, 5.74) is 2.59. The largest absolute Gasteiger partial charge is 0.508 e. The molecule has 1 aliphatic rings. The summed E-state index contributed by atoms with van der Waals surface area (Å²) in [5.74, 6) is 0.931. The number of likely N-dealkylation sites (tertiary alicyclic amines) is 1. The number of phenols is 1. The van der Waals surface area contributed by atoms with E-state index in [2.05, 4.69) is 54.4 Å². The van der Waals surface area contributed by atoms with Gasteiger partial charge in [0, 0.05) is 25.3 Å². The minimum absolute atomic E-state index is 0.141. The van der Waals surface area contributed by atoms with Crippen molar-refractivity contribution in [2.45, 2.75) is 25.7 Å². The number of anilines is 1. The molecule has 1 aliphatic heterocycles. The second-order valence-electron chi connectivity index (χ2n) is 7.21. The highest BCUT2D eigenvalue weighted by atomic mass is 16.3. The molecule has 0 bridgehead atoms. The number of nitrogens with zero attached hydrogens (tertiary/aromatic N) is 1. The molecule has 128 valence electrons. The lowest BCUT2D eigenvalue weighted by molar-refractivity contribution is 0.115. The van der Waals surface area contributed by atoms with Gasteiger partial charge in [0.05, 0.1) is 0 Å². The second-order valence-corrected chi connectivity index (χ2v) is 7.21. The zero-order valence-corrected chi connectivity index (χ0v) is 14.7. The van der Waals surface area contributed by atoms with Crippen molar-refractivity contribution in [3.05, 3.63) is 60.2 Å². The maximum absolute atomic E-state index is 9.80. The Hall–Kier alpha value is -2.00. The average molecular weight is 324 g/mol. The van der Waals surface area contributed by atoms with Crippen molar-refractivity contribution in [1.29, 1.82) is 0 Å². The Labute approximate surface area is 145 Å². The minimum atomic E-state index is 0.141. The lowest BCUT2D eigenvalue weighted by atomic mass is 9.68. The van der Waals surface area contributed by atoms with Crippen LogP contribution in [0.1, 0.15) is 25.8 Å². The molecular formula is C21H28N2O. The van der Waals surface area contributed by atoms with E-state index in [0.29, 0.717) is 11.7 Å². The van der Waals surface area contributed by atoms with Crippen LogP contribution in [0.4, 0.5) is 5.69 Å². The van der Waals surface area contributed by atoms with E-state index < -0.39 is 0 Å². The third-order valence-corrected chi connectivity index (χ3v) is 5.60. The summed E-state index contributed by atoms with van der Waals surface area (Å²) in [6.07, 6.45) is 1.13. The van der Waals surface area contributed by atoms with Gasteiger partial charge in [-0.2, -0.15) is 0 Å². The van der Waals surface area contributed by atoms with Gasteiger partial charge in [0.25, 0.3) is 0 Å². The molecule has 0 aliphatic carbocycles. The van der Waals surface area contributed by atoms with E-state index in [1.807, 2.05) is 18.2 Å². The maximum Gasteiger partial charge on any atom is 0.115 e. The fraction of sp³-hybridized carbons (Fsp3) is 0.429. The van der Waals surface area contributed by atoms with Gasteiger partial charge in [-0.1, -0.05) is 44.2 Å². The number of benzene rings is 2. The lowest BCUT2D eigenvalue weighted by Crippen LogP contribution is -2.48. The molecule has 0 spiro atoms. The van der Waals surface area contributed by atoms with Gasteiger partial charge in [0.2, 0.25) is 0 Å². The van der Waals surface area contributed by atoms with E-state index in [4.69, 9.17) is 0 Å². The molecule has 1 fully saturated rings. The molecule has 0 saturated carbocycles. The van der Waals surface area contributed by atoms with Gasteiger partial charge in [0.15, 0.2) is 0 Å². The predicted octanol–water partition coefficient (Wildman–Crippen LogP) is 4.10. The van der Waals surface area contributed by atoms with E-state index in [1.54, 1.807) is 6.07 Å². The Morgan fingerprint density at radius 3 is 2.67 bits per heavy atom. The molecule has 3 heteroatoms. The zero-order chi connectivity index (χ0) is 17.0. The Morgan fingerprint density at radius 1 is 1.17 bits per heavy atom. The molecule has 2 aromatic rings. The summed E-state index contributed by atoms with van der Waals surface area (Å²) in [7, 11) is 0. The van der Waals surface area contributed by atoms with Crippen molar-refractivity contribution in [2.24, 2.45) is 5.92 Å². The van der Waals surface area contributed by atoms with Gasteiger partial charge >= 0.3 is 0 Å². The summed E-state index contributed by atoms with van der Waals surface area (Å²) in [5, 5.41) is 13.3. The number of phenolic OH excluding ortho intramolecular Hbond substituents is 1. The number of piperidine rings is 1. The first kappa shape index (κ1) is 16.8. The van der Waals surface area contributed by atoms with Crippen LogP contribution < -0.4 is 5.32 Å². The fourth-order valence-electron chi connectivity index (χ4n) is 3.72. The van der Waals surface area contributed by atoms with Crippen LogP contribution in [0.3, 0.4) is 0 Å². The molecule has 0 amide bonds. The first-order chi connectivity index (χ1) is 11.6. The summed E-state index contributed by atoms with van der Waals surface area (Å²) >= 11 is 0. The molecule has 2 aromatic carbocycles. The third kappa shape index (κ3) is 3.73. The van der Waals surface area contributed by atoms with Crippen LogP contribution in [-0.4, -0.2) is 36.2 Å². The highest BCUT2D eigenvalue weighted by Crippen LogP contribution is 2.40. The van der Waals surface area contributed by atoms with Crippen LogP contribution in [0.2, 0.25) is 0 Å². The Kier molecular flexibility index (Phi) is 5.10. The molecule has 2 N–H and O–H groups in total. The van der Waals surface area contributed by atoms with Crippen LogP contribution in [0.5, 0.6) is 5.75 Å². The second kappa shape index (κ2) is 7.27. The molecule has 3 nitrogen and oxygen atoms in total. The van der Waals surface area contributed by atoms with Gasteiger partial charge in [-0.25, -0.2) is 0 Å². The minimum Gasteiger partial charge on any atom is -0.508 e. The van der Waals surface area contributed by atoms with E-state index in [9.17, 15) is 5.11 Å². The number of aromatic hydroxyl groups is 1. The maximum atomic E-state index is 9.80. The van der Waals surface area contributed by atoms with Crippen LogP contribution in [0, 0.1) is 5.92 Å². The number of hydrogen-bond donors (Lipinski definition) is 2. The summed E-state index contributed by atoms with van der Waals surface area (Å²) in [6.45, 7) is 8.91. The highest BCUT2D eigenvalue weighted by Gasteiger charge is 2.37. The van der Waals surface area contributed by atoms with Crippen LogP contribution in [-0.2, 0) is 5.41 Å². The van der Waals surface area contributed by atoms with E-state index in [1.165, 1.54) is 11.3 Å². The quantitative estimate of drug-likeness (QED) is 0.869. The number of hydrogen-bond acceptors (Lipinski definition) is 3. The molecule has 2 atom stereocenters. The smallest absolute Gasteiger partial charge is 0.115 e. The molecule has 1 heterocycles. The van der Waals surface area contributed by atoms with Crippen molar-refractivity contribution in [1.82, 2.24) is 4.90 Å². The molecular weight excluding hydrogens is 296 g/mol. The normalized spacial score (nSPS) is 24.7. The van der Waals surface area contributed by atoms with Gasteiger partial charge in [-0.3, -0.25) is 0 Å². The van der Waals surface area contributed by atoms with Gasteiger partial charge in [0.1, 0.15) is 5.75 Å². The average Bonchev–Trinajstić information content (AvgIpc) is 2.59. The van der Waals surface area contributed by atoms with Gasteiger partial charge in [-0.05, 0) is 54.1 Å². The predicted molar refractivity (Wildman–Crippen MR) is 101 cm³/mol. The number of rotatable bonds is 5. The Balaban J connectivity index is 1.55. The monoisotopic (exact) mass is 324 g/mol. The summed E-state index contributed by atoms with van der Waals surface area (Å²) in [6, 6.07) is 18.2. The topological polar surface area (TPSA) is 35.5 Å². The Morgan fingerprint density at radius 2 is 1.96 bits per heavy atom. The first-order valence-corrected chi connectivity index (χ1v) is 8.89. The molecule has 0 radical (unpaired) electrons. The van der Waals surface area contributed by atoms with Crippen LogP contribution in [0.25, 0.3) is 0 Å². The lowest BCUT2D eigenvalue weighted by Gasteiger charge is -2.45. The Bertz CT molecular complexity index is 658. The SMILES string of the molecule is C[C@H]1CN(CCNc2ccccc2)CC[C@]1(C)c1cccc(O)c1. The summed E-state index contributed by atoms with van der Waals surface area (Å²) < 4.78 is 0. The zero-order valence-electron chi connectivity index (χ0n) is 14.7. The van der Waals surface area contributed by atoms with Crippen molar-refractivity contribution >= 4 is 5.69 Å². The van der Waals surface area contributed by atoms with Crippen LogP contribution >= 0.6 is 0 Å². The van der Waals surface area contributed by atoms with Crippen molar-refractivity contribution in [2.75, 3.05) is 31.5 Å². The van der Waals surface area contributed by atoms with E-state index in [0.717, 1.165) is 32.6 Å². The number of nitrogens with one attached hydrogen (secondary N) is 1. The van der Waals surface area contributed by atoms with Crippen molar-refractivity contribution < 1.29 is 5.11 Å². The number of para-hydroxylation sites is 1. The molecule has 0 aromatic heterocycles. The van der Waals surface area contributed by atoms with Gasteiger partial charge in [-0.15, -0.1) is 0 Å². The summed E-state index contributed by atoms with van der Waals surface area (Å²) in [4.78, 5) is 2.55. The van der Waals surface area contributed by atoms with Crippen LogP contribution in [0.15, 0.2) is 54.6 Å². The highest BCUT2D eigenvalue weighted by molar-refractivity contribution is 5.42. The standard InChI is InChI=1S/C21H28N2O/c1-17-16-23(14-12-22-19-8-4-3-5-9-19)13-11-21(17,2)18-7-6-10-20(24)15-18/h3-10,15,17,22,24H,11-14,16H2,1-2H3/t17-,21-/m0/s1. The van der Waals surface area contributed by atoms with E-state index in [-0.39, 0.29) is 5.41 Å². The first-order valence-electron chi connectivity index (χ1n) is 8.89. The van der Waals surface area contributed by atoms with Crippen molar-refractivity contribution in [3.63, 3.8) is 0 Å². The molecule has 24 heavy (non-hydrogen) atoms. The van der Waals surface area contributed by atoms with Crippen molar-refractivity contribution in [3.8, 4) is 5.75 Å². The third-order valence-electron chi connectivity index (χ3n) is 5.60. The molecule has 3 rings (SSSR count).